The van der Waals surface area contributed by atoms with Gasteiger partial charge in [0.05, 0.1) is 6.26 Å². The van der Waals surface area contributed by atoms with Gasteiger partial charge in [0.2, 0.25) is 10.0 Å². The molecule has 1 atom stereocenters. The summed E-state index contributed by atoms with van der Waals surface area (Å²) in [6, 6.07) is 5.10. The van der Waals surface area contributed by atoms with Crippen LogP contribution in [0.3, 0.4) is 0 Å². The zero-order valence-corrected chi connectivity index (χ0v) is 15.3. The number of sulfonamides is 1. The second kappa shape index (κ2) is 7.13. The first-order chi connectivity index (χ1) is 11.8. The number of aryl methyl sites for hydroxylation is 1. The summed E-state index contributed by atoms with van der Waals surface area (Å²) in [4.78, 5) is 16.5. The third kappa shape index (κ3) is 4.19. The number of fused-ring (bicyclic) bond motifs is 1. The number of carbonyl (C=O) groups excluding carboxylic acids is 1. The van der Waals surface area contributed by atoms with Crippen molar-refractivity contribution in [3.05, 3.63) is 29.7 Å². The Bertz CT molecular complexity index is 875. The molecule has 0 radical (unpaired) electrons. The van der Waals surface area contributed by atoms with E-state index in [4.69, 9.17) is 4.42 Å². The molecule has 1 aliphatic heterocycles. The molecule has 0 saturated carbocycles. The third-order valence-electron chi connectivity index (χ3n) is 4.52. The summed E-state index contributed by atoms with van der Waals surface area (Å²) in [5.74, 6) is 0.364. The van der Waals surface area contributed by atoms with E-state index in [9.17, 15) is 13.2 Å². The molecule has 25 heavy (non-hydrogen) atoms. The zero-order valence-electron chi connectivity index (χ0n) is 14.5. The molecule has 8 heteroatoms. The lowest BCUT2D eigenvalue weighted by Gasteiger charge is -2.33. The lowest BCUT2D eigenvalue weighted by Crippen LogP contribution is -2.44. The van der Waals surface area contributed by atoms with E-state index in [1.807, 2.05) is 0 Å². The highest BCUT2D eigenvalue weighted by Gasteiger charge is 2.28. The highest BCUT2D eigenvalue weighted by Crippen LogP contribution is 2.22. The fraction of sp³-hybridized carbons (Fsp3) is 0.529. The molecule has 1 unspecified atom stereocenters. The molecule has 136 valence electrons. The number of piperidine rings is 1. The number of rotatable bonds is 5. The normalized spacial score (nSPS) is 19.2. The minimum Gasteiger partial charge on any atom is -0.441 e. The molecule has 0 bridgehead atoms. The molecule has 1 aliphatic rings. The van der Waals surface area contributed by atoms with E-state index < -0.39 is 10.0 Å². The minimum atomic E-state index is -3.20. The van der Waals surface area contributed by atoms with E-state index in [2.05, 4.69) is 10.3 Å². The number of carbonyl (C=O) groups is 1. The Morgan fingerprint density at radius 1 is 1.40 bits per heavy atom. The Balaban J connectivity index is 1.59. The van der Waals surface area contributed by atoms with Crippen LogP contribution < -0.4 is 5.32 Å². The van der Waals surface area contributed by atoms with Crippen LogP contribution in [0, 0.1) is 6.92 Å². The predicted octanol–water partition coefficient (Wildman–Crippen LogP) is 2.07. The first-order valence-corrected chi connectivity index (χ1v) is 10.3. The van der Waals surface area contributed by atoms with E-state index in [1.54, 1.807) is 29.4 Å². The van der Waals surface area contributed by atoms with E-state index in [-0.39, 0.29) is 11.9 Å². The molecule has 2 heterocycles. The van der Waals surface area contributed by atoms with Crippen molar-refractivity contribution < 1.29 is 17.6 Å². The second-order valence-corrected chi connectivity index (χ2v) is 8.42. The Labute approximate surface area is 147 Å². The van der Waals surface area contributed by atoms with E-state index in [0.29, 0.717) is 36.5 Å². The van der Waals surface area contributed by atoms with Gasteiger partial charge in [-0.3, -0.25) is 4.79 Å². The number of hydrogen-bond acceptors (Lipinski definition) is 5. The maximum atomic E-state index is 12.3. The van der Waals surface area contributed by atoms with Crippen molar-refractivity contribution in [3.63, 3.8) is 0 Å². The maximum absolute atomic E-state index is 12.3. The van der Waals surface area contributed by atoms with E-state index >= 15 is 0 Å². The number of aromatic nitrogens is 1. The number of amides is 1. The summed E-state index contributed by atoms with van der Waals surface area (Å²) in [7, 11) is -3.20. The summed E-state index contributed by atoms with van der Waals surface area (Å²) < 4.78 is 30.7. The molecule has 0 aliphatic carbocycles. The number of nitrogens with one attached hydrogen (secondary N) is 1. The molecule has 1 fully saturated rings. The summed E-state index contributed by atoms with van der Waals surface area (Å²) in [6.45, 7) is 2.76. The molecule has 3 rings (SSSR count). The van der Waals surface area contributed by atoms with Crippen molar-refractivity contribution in [1.82, 2.24) is 14.6 Å². The smallest absolute Gasteiger partial charge is 0.251 e. The van der Waals surface area contributed by atoms with Gasteiger partial charge in [-0.15, -0.1) is 0 Å². The Hall–Kier alpha value is -1.93. The molecule has 0 spiro atoms. The van der Waals surface area contributed by atoms with Gasteiger partial charge in [-0.2, -0.15) is 4.31 Å². The topological polar surface area (TPSA) is 92.5 Å². The summed E-state index contributed by atoms with van der Waals surface area (Å²) in [5, 5.41) is 2.87. The van der Waals surface area contributed by atoms with Crippen molar-refractivity contribution in [3.8, 4) is 0 Å². The minimum absolute atomic E-state index is 0.0385. The molecule has 1 amide bonds. The van der Waals surface area contributed by atoms with Crippen molar-refractivity contribution in [2.75, 3.05) is 19.3 Å². The predicted molar refractivity (Wildman–Crippen MR) is 94.9 cm³/mol. The summed E-state index contributed by atoms with van der Waals surface area (Å²) >= 11 is 0. The number of oxazole rings is 1. The van der Waals surface area contributed by atoms with Gasteiger partial charge in [-0.25, -0.2) is 13.4 Å². The number of nitrogens with zero attached hydrogens (tertiary/aromatic N) is 2. The van der Waals surface area contributed by atoms with Crippen LogP contribution in [-0.2, 0) is 10.0 Å². The quantitative estimate of drug-likeness (QED) is 0.876. The highest BCUT2D eigenvalue weighted by atomic mass is 32.2. The Morgan fingerprint density at radius 2 is 2.20 bits per heavy atom. The third-order valence-corrected chi connectivity index (χ3v) is 5.85. The fourth-order valence-corrected chi connectivity index (χ4v) is 4.55. The second-order valence-electron chi connectivity index (χ2n) is 6.48. The monoisotopic (exact) mass is 365 g/mol. The van der Waals surface area contributed by atoms with Crippen molar-refractivity contribution in [2.45, 2.75) is 38.6 Å². The van der Waals surface area contributed by atoms with Crippen LogP contribution in [0.5, 0.6) is 0 Å². The summed E-state index contributed by atoms with van der Waals surface area (Å²) in [5.41, 5.74) is 1.81. The van der Waals surface area contributed by atoms with Gasteiger partial charge < -0.3 is 9.73 Å². The molecule has 7 nitrogen and oxygen atoms in total. The van der Waals surface area contributed by atoms with Gasteiger partial charge in [0.25, 0.3) is 5.91 Å². The first kappa shape index (κ1) is 17.9. The van der Waals surface area contributed by atoms with Gasteiger partial charge in [0.15, 0.2) is 11.5 Å². The van der Waals surface area contributed by atoms with Crippen LogP contribution in [-0.4, -0.2) is 49.0 Å². The summed E-state index contributed by atoms with van der Waals surface area (Å²) in [6.07, 6.45) is 4.62. The molecule has 1 N–H and O–H groups in total. The van der Waals surface area contributed by atoms with Crippen LogP contribution >= 0.6 is 0 Å². The van der Waals surface area contributed by atoms with Gasteiger partial charge in [-0.1, -0.05) is 6.42 Å². The van der Waals surface area contributed by atoms with Gasteiger partial charge in [-0.05, 0) is 37.5 Å². The Kier molecular flexibility index (Phi) is 5.10. The maximum Gasteiger partial charge on any atom is 0.251 e. The lowest BCUT2D eigenvalue weighted by molar-refractivity contribution is 0.0949. The van der Waals surface area contributed by atoms with Crippen LogP contribution in [0.2, 0.25) is 0 Å². The van der Waals surface area contributed by atoms with Crippen LogP contribution in [0.25, 0.3) is 11.1 Å². The standard InChI is InChI=1S/C17H23N3O4S/c1-12-19-15-7-6-13(11-16(15)24-12)17(21)18-9-8-14-5-3-4-10-20(14)25(2,22)23/h6-7,11,14H,3-5,8-10H2,1-2H3,(H,18,21). The Morgan fingerprint density at radius 3 is 2.96 bits per heavy atom. The first-order valence-electron chi connectivity index (χ1n) is 8.47. The molecule has 1 saturated heterocycles. The van der Waals surface area contributed by atoms with Crippen molar-refractivity contribution in [2.24, 2.45) is 0 Å². The van der Waals surface area contributed by atoms with Crippen molar-refractivity contribution in [1.29, 1.82) is 0 Å². The van der Waals surface area contributed by atoms with Gasteiger partial charge in [0, 0.05) is 31.6 Å². The molecule has 1 aromatic heterocycles. The average Bonchev–Trinajstić information content (AvgIpc) is 2.93. The SMILES string of the molecule is Cc1nc2ccc(C(=O)NCCC3CCCCN3S(C)(=O)=O)cc2o1. The molecular formula is C17H23N3O4S. The largest absolute Gasteiger partial charge is 0.441 e. The van der Waals surface area contributed by atoms with Crippen molar-refractivity contribution >= 4 is 27.0 Å². The zero-order chi connectivity index (χ0) is 18.0. The van der Waals surface area contributed by atoms with Gasteiger partial charge in [0.1, 0.15) is 5.52 Å². The number of hydrogen-bond donors (Lipinski definition) is 1. The van der Waals surface area contributed by atoms with Crippen LogP contribution in [0.15, 0.2) is 22.6 Å². The average molecular weight is 365 g/mol. The lowest BCUT2D eigenvalue weighted by atomic mass is 10.0. The van der Waals surface area contributed by atoms with E-state index in [1.165, 1.54) is 6.26 Å². The van der Waals surface area contributed by atoms with E-state index in [0.717, 1.165) is 24.8 Å². The highest BCUT2D eigenvalue weighted by molar-refractivity contribution is 7.88. The molecule has 1 aromatic carbocycles. The fourth-order valence-electron chi connectivity index (χ4n) is 3.33. The molecule has 2 aromatic rings. The van der Waals surface area contributed by atoms with Crippen LogP contribution in [0.4, 0.5) is 0 Å². The van der Waals surface area contributed by atoms with Crippen LogP contribution in [0.1, 0.15) is 41.9 Å². The van der Waals surface area contributed by atoms with Gasteiger partial charge >= 0.3 is 0 Å². The molecular weight excluding hydrogens is 342 g/mol. The number of benzene rings is 1.